The highest BCUT2D eigenvalue weighted by Gasteiger charge is 2.13. The Morgan fingerprint density at radius 3 is 2.87 bits per heavy atom. The van der Waals surface area contributed by atoms with E-state index in [2.05, 4.69) is 27.8 Å². The first-order valence-electron chi connectivity index (χ1n) is 4.02. The van der Waals surface area contributed by atoms with Crippen LogP contribution in [-0.4, -0.2) is 11.5 Å². The number of nitro benzene ring substituents is 1. The first kappa shape index (κ1) is 12.0. The van der Waals surface area contributed by atoms with E-state index in [-0.39, 0.29) is 5.69 Å². The van der Waals surface area contributed by atoms with Gasteiger partial charge in [0.15, 0.2) is 0 Å². The van der Waals surface area contributed by atoms with Crippen molar-refractivity contribution in [3.05, 3.63) is 44.4 Å². The Balaban J connectivity index is 2.96. The van der Waals surface area contributed by atoms with Crippen molar-refractivity contribution in [2.45, 2.75) is 0 Å². The van der Waals surface area contributed by atoms with Crippen molar-refractivity contribution in [1.29, 1.82) is 0 Å². The van der Waals surface area contributed by atoms with Crippen molar-refractivity contribution in [2.75, 3.05) is 11.9 Å². The topological polar surface area (TPSA) is 55.2 Å². The summed E-state index contributed by atoms with van der Waals surface area (Å²) in [7, 11) is 0. The summed E-state index contributed by atoms with van der Waals surface area (Å²) < 4.78 is 0.760. The van der Waals surface area contributed by atoms with E-state index in [9.17, 15) is 10.1 Å². The van der Waals surface area contributed by atoms with E-state index in [1.807, 2.05) is 0 Å². The number of hydrogen-bond acceptors (Lipinski definition) is 3. The molecule has 1 N–H and O–H groups in total. The zero-order chi connectivity index (χ0) is 11.4. The van der Waals surface area contributed by atoms with Crippen LogP contribution in [0.2, 0.25) is 0 Å². The second-order valence-corrected chi connectivity index (χ2v) is 4.24. The van der Waals surface area contributed by atoms with Crippen molar-refractivity contribution in [3.63, 3.8) is 0 Å². The van der Waals surface area contributed by atoms with E-state index in [4.69, 9.17) is 11.6 Å². The van der Waals surface area contributed by atoms with E-state index >= 15 is 0 Å². The first-order chi connectivity index (χ1) is 7.00. The molecule has 80 valence electrons. The van der Waals surface area contributed by atoms with Crippen LogP contribution in [0.25, 0.3) is 0 Å². The van der Waals surface area contributed by atoms with Crippen LogP contribution < -0.4 is 5.32 Å². The predicted molar refractivity (Wildman–Crippen MR) is 64.3 cm³/mol. The zero-order valence-electron chi connectivity index (χ0n) is 7.67. The van der Waals surface area contributed by atoms with Gasteiger partial charge < -0.3 is 5.32 Å². The van der Waals surface area contributed by atoms with Crippen LogP contribution in [0.15, 0.2) is 34.3 Å². The van der Waals surface area contributed by atoms with Crippen LogP contribution in [0.1, 0.15) is 0 Å². The summed E-state index contributed by atoms with van der Waals surface area (Å²) in [5.74, 6) is 0. The Labute approximate surface area is 100 Å². The fraction of sp³-hybridized carbons (Fsp3) is 0.111. The van der Waals surface area contributed by atoms with Gasteiger partial charge in [-0.2, -0.15) is 0 Å². The third kappa shape index (κ3) is 3.53. The summed E-state index contributed by atoms with van der Waals surface area (Å²) in [6, 6.07) is 4.65. The number of hydrogen-bond donors (Lipinski definition) is 1. The highest BCUT2D eigenvalue weighted by atomic mass is 79.9. The number of halogens is 2. The molecule has 6 heteroatoms. The van der Waals surface area contributed by atoms with Gasteiger partial charge in [-0.3, -0.25) is 10.1 Å². The van der Waals surface area contributed by atoms with Crippen LogP contribution in [0.3, 0.4) is 0 Å². The molecule has 0 radical (unpaired) electrons. The molecule has 0 aliphatic heterocycles. The average molecular weight is 292 g/mol. The molecule has 0 aliphatic carbocycles. The van der Waals surface area contributed by atoms with Crippen LogP contribution in [0.5, 0.6) is 0 Å². The lowest BCUT2D eigenvalue weighted by Crippen LogP contribution is -2.03. The molecule has 0 amide bonds. The molecule has 0 aliphatic rings. The van der Waals surface area contributed by atoms with Crippen molar-refractivity contribution in [1.82, 2.24) is 0 Å². The maximum Gasteiger partial charge on any atom is 0.292 e. The minimum absolute atomic E-state index is 0.0103. The van der Waals surface area contributed by atoms with E-state index in [1.165, 1.54) is 6.07 Å². The van der Waals surface area contributed by atoms with Gasteiger partial charge in [-0.05, 0) is 12.1 Å². The number of nitrogens with one attached hydrogen (secondary N) is 1. The van der Waals surface area contributed by atoms with Crippen LogP contribution in [-0.2, 0) is 0 Å². The third-order valence-corrected chi connectivity index (χ3v) is 2.25. The van der Waals surface area contributed by atoms with Crippen LogP contribution in [0, 0.1) is 10.1 Å². The Morgan fingerprint density at radius 2 is 2.33 bits per heavy atom. The van der Waals surface area contributed by atoms with Crippen molar-refractivity contribution in [3.8, 4) is 0 Å². The van der Waals surface area contributed by atoms with Crippen LogP contribution >= 0.6 is 27.5 Å². The summed E-state index contributed by atoms with van der Waals surface area (Å²) in [5, 5.41) is 13.9. The second kappa shape index (κ2) is 5.14. The fourth-order valence-electron chi connectivity index (χ4n) is 1.00. The molecule has 0 unspecified atom stereocenters. The average Bonchev–Trinajstić information content (AvgIpc) is 2.14. The lowest BCUT2D eigenvalue weighted by Gasteiger charge is -2.06. The highest BCUT2D eigenvalue weighted by molar-refractivity contribution is 9.10. The second-order valence-electron chi connectivity index (χ2n) is 2.79. The first-order valence-corrected chi connectivity index (χ1v) is 5.19. The number of rotatable bonds is 4. The minimum Gasteiger partial charge on any atom is -0.375 e. The summed E-state index contributed by atoms with van der Waals surface area (Å²) in [5.41, 5.74) is 0.423. The summed E-state index contributed by atoms with van der Waals surface area (Å²) in [6.07, 6.45) is 0. The largest absolute Gasteiger partial charge is 0.375 e. The monoisotopic (exact) mass is 290 g/mol. The molecule has 15 heavy (non-hydrogen) atoms. The predicted octanol–water partition coefficient (Wildman–Crippen LogP) is 3.52. The molecule has 1 rings (SSSR count). The molecule has 1 aromatic rings. The molecule has 0 saturated heterocycles. The van der Waals surface area contributed by atoms with Gasteiger partial charge in [-0.15, -0.1) is 0 Å². The molecule has 0 heterocycles. The standard InChI is InChI=1S/C9H8BrClN2O2/c1-6(11)5-12-8-4-7(10)2-3-9(8)13(14)15/h2-4,12H,1,5H2. The van der Waals surface area contributed by atoms with Crippen LogP contribution in [0.4, 0.5) is 11.4 Å². The third-order valence-electron chi connectivity index (χ3n) is 1.63. The van der Waals surface area contributed by atoms with Gasteiger partial charge >= 0.3 is 0 Å². The van der Waals surface area contributed by atoms with E-state index in [0.717, 1.165) is 4.47 Å². The summed E-state index contributed by atoms with van der Waals surface area (Å²) >= 11 is 8.80. The zero-order valence-corrected chi connectivity index (χ0v) is 10.0. The number of benzene rings is 1. The number of nitro groups is 1. The van der Waals surface area contributed by atoms with Crippen molar-refractivity contribution >= 4 is 38.9 Å². The van der Waals surface area contributed by atoms with E-state index in [1.54, 1.807) is 12.1 Å². The maximum absolute atomic E-state index is 10.7. The number of anilines is 1. The SMILES string of the molecule is C=C(Cl)CNc1cc(Br)ccc1[N+](=O)[O-]. The van der Waals surface area contributed by atoms with Gasteiger partial charge in [0.1, 0.15) is 5.69 Å². The Kier molecular flexibility index (Phi) is 4.11. The van der Waals surface area contributed by atoms with Crippen molar-refractivity contribution in [2.24, 2.45) is 0 Å². The lowest BCUT2D eigenvalue weighted by molar-refractivity contribution is -0.384. The summed E-state index contributed by atoms with van der Waals surface area (Å²) in [6.45, 7) is 3.78. The van der Waals surface area contributed by atoms with Gasteiger partial charge in [0.05, 0.1) is 11.5 Å². The molecular weight excluding hydrogens is 283 g/mol. The summed E-state index contributed by atoms with van der Waals surface area (Å²) in [4.78, 5) is 10.2. The van der Waals surface area contributed by atoms with Gasteiger partial charge in [0, 0.05) is 15.6 Å². The molecule has 1 aromatic carbocycles. The minimum atomic E-state index is -0.453. The van der Waals surface area contributed by atoms with Gasteiger partial charge in [0.2, 0.25) is 0 Å². The Hall–Kier alpha value is -1.07. The molecule has 4 nitrogen and oxygen atoms in total. The fourth-order valence-corrected chi connectivity index (χ4v) is 1.43. The maximum atomic E-state index is 10.7. The van der Waals surface area contributed by atoms with E-state index < -0.39 is 4.92 Å². The molecule has 0 atom stereocenters. The molecule has 0 aromatic heterocycles. The van der Waals surface area contributed by atoms with Gasteiger partial charge in [-0.25, -0.2) is 0 Å². The lowest BCUT2D eigenvalue weighted by atomic mass is 10.2. The highest BCUT2D eigenvalue weighted by Crippen LogP contribution is 2.27. The van der Waals surface area contributed by atoms with Gasteiger partial charge in [0.25, 0.3) is 5.69 Å². The Morgan fingerprint density at radius 1 is 1.67 bits per heavy atom. The smallest absolute Gasteiger partial charge is 0.292 e. The normalized spacial score (nSPS) is 9.73. The number of nitrogens with zero attached hydrogens (tertiary/aromatic N) is 1. The molecule has 0 fully saturated rings. The quantitative estimate of drug-likeness (QED) is 0.682. The van der Waals surface area contributed by atoms with E-state index in [0.29, 0.717) is 17.3 Å². The van der Waals surface area contributed by atoms with Crippen molar-refractivity contribution < 1.29 is 4.92 Å². The Bertz CT molecular complexity index is 409. The molecule has 0 bridgehead atoms. The van der Waals surface area contributed by atoms with Gasteiger partial charge in [-0.1, -0.05) is 34.1 Å². The molecule has 0 spiro atoms. The molecular formula is C9H8BrClN2O2. The molecule has 0 saturated carbocycles.